The van der Waals surface area contributed by atoms with Crippen molar-refractivity contribution in [3.63, 3.8) is 0 Å². The molecule has 78 valence electrons. The quantitative estimate of drug-likeness (QED) is 0.802. The molecule has 0 aliphatic carbocycles. The lowest BCUT2D eigenvalue weighted by atomic mass is 10.1. The SMILES string of the molecule is Cc1ccc(-c2cccnc2N)cc1.Cl. The predicted octanol–water partition coefficient (Wildman–Crippen LogP) is 3.06. The summed E-state index contributed by atoms with van der Waals surface area (Å²) in [6.45, 7) is 2.07. The molecular weight excluding hydrogens is 208 g/mol. The molecule has 0 bridgehead atoms. The highest BCUT2D eigenvalue weighted by Crippen LogP contribution is 2.23. The smallest absolute Gasteiger partial charge is 0.131 e. The predicted molar refractivity (Wildman–Crippen MR) is 66.1 cm³/mol. The number of aryl methyl sites for hydroxylation is 1. The number of nitrogen functional groups attached to an aromatic ring is 1. The van der Waals surface area contributed by atoms with Gasteiger partial charge in [-0.15, -0.1) is 12.4 Å². The Labute approximate surface area is 95.6 Å². The van der Waals surface area contributed by atoms with E-state index >= 15 is 0 Å². The third-order valence-corrected chi connectivity index (χ3v) is 2.20. The maximum atomic E-state index is 5.78. The molecular formula is C12H13ClN2. The van der Waals surface area contributed by atoms with Gasteiger partial charge in [0, 0.05) is 11.8 Å². The second-order valence-corrected chi connectivity index (χ2v) is 3.30. The summed E-state index contributed by atoms with van der Waals surface area (Å²) in [6.07, 6.45) is 1.70. The minimum absolute atomic E-state index is 0. The van der Waals surface area contributed by atoms with Gasteiger partial charge in [0.15, 0.2) is 0 Å². The van der Waals surface area contributed by atoms with Crippen molar-refractivity contribution in [2.75, 3.05) is 5.73 Å². The number of nitrogens with zero attached hydrogens (tertiary/aromatic N) is 1. The van der Waals surface area contributed by atoms with Crippen molar-refractivity contribution in [3.8, 4) is 11.1 Å². The Morgan fingerprint density at radius 2 is 1.73 bits per heavy atom. The molecule has 0 fully saturated rings. The van der Waals surface area contributed by atoms with E-state index in [0.29, 0.717) is 5.82 Å². The van der Waals surface area contributed by atoms with Crippen LogP contribution in [0.4, 0.5) is 5.82 Å². The van der Waals surface area contributed by atoms with Gasteiger partial charge in [0.25, 0.3) is 0 Å². The monoisotopic (exact) mass is 220 g/mol. The Balaban J connectivity index is 0.00000112. The van der Waals surface area contributed by atoms with Crippen molar-refractivity contribution in [1.82, 2.24) is 4.98 Å². The number of halogens is 1. The molecule has 2 rings (SSSR count). The van der Waals surface area contributed by atoms with Crippen molar-refractivity contribution in [2.24, 2.45) is 0 Å². The summed E-state index contributed by atoms with van der Waals surface area (Å²) in [5, 5.41) is 0. The summed E-state index contributed by atoms with van der Waals surface area (Å²) < 4.78 is 0. The molecule has 1 aromatic carbocycles. The first-order valence-electron chi connectivity index (χ1n) is 4.55. The van der Waals surface area contributed by atoms with Gasteiger partial charge in [-0.3, -0.25) is 0 Å². The highest BCUT2D eigenvalue weighted by molar-refractivity contribution is 5.85. The van der Waals surface area contributed by atoms with Gasteiger partial charge >= 0.3 is 0 Å². The van der Waals surface area contributed by atoms with E-state index in [1.165, 1.54) is 5.56 Å². The molecule has 0 atom stereocenters. The Morgan fingerprint density at radius 1 is 1.07 bits per heavy atom. The Bertz CT molecular complexity index is 438. The lowest BCUT2D eigenvalue weighted by molar-refractivity contribution is 1.33. The average molecular weight is 221 g/mol. The van der Waals surface area contributed by atoms with Crippen molar-refractivity contribution in [1.29, 1.82) is 0 Å². The van der Waals surface area contributed by atoms with E-state index in [2.05, 4.69) is 36.2 Å². The second kappa shape index (κ2) is 4.80. The highest BCUT2D eigenvalue weighted by Gasteiger charge is 2.01. The van der Waals surface area contributed by atoms with E-state index in [0.717, 1.165) is 11.1 Å². The zero-order valence-electron chi connectivity index (χ0n) is 8.47. The van der Waals surface area contributed by atoms with Gasteiger partial charge in [0.05, 0.1) is 0 Å². The zero-order chi connectivity index (χ0) is 9.97. The van der Waals surface area contributed by atoms with Gasteiger partial charge in [-0.2, -0.15) is 0 Å². The van der Waals surface area contributed by atoms with E-state index in [-0.39, 0.29) is 12.4 Å². The third kappa shape index (κ3) is 2.48. The minimum atomic E-state index is 0. The number of hydrogen-bond donors (Lipinski definition) is 1. The fraction of sp³-hybridized carbons (Fsp3) is 0.0833. The molecule has 0 spiro atoms. The normalized spacial score (nSPS) is 9.40. The second-order valence-electron chi connectivity index (χ2n) is 3.30. The molecule has 0 saturated heterocycles. The van der Waals surface area contributed by atoms with E-state index in [1.807, 2.05) is 12.1 Å². The Hall–Kier alpha value is -1.54. The van der Waals surface area contributed by atoms with E-state index < -0.39 is 0 Å². The lowest BCUT2D eigenvalue weighted by Gasteiger charge is -2.04. The summed E-state index contributed by atoms with van der Waals surface area (Å²) >= 11 is 0. The van der Waals surface area contributed by atoms with Crippen LogP contribution in [0.1, 0.15) is 5.56 Å². The van der Waals surface area contributed by atoms with Gasteiger partial charge in [0.2, 0.25) is 0 Å². The van der Waals surface area contributed by atoms with Crippen molar-refractivity contribution in [3.05, 3.63) is 48.2 Å². The number of benzene rings is 1. The van der Waals surface area contributed by atoms with Gasteiger partial charge in [-0.1, -0.05) is 29.8 Å². The molecule has 15 heavy (non-hydrogen) atoms. The largest absolute Gasteiger partial charge is 0.383 e. The van der Waals surface area contributed by atoms with Crippen LogP contribution in [0.3, 0.4) is 0 Å². The molecule has 1 heterocycles. The van der Waals surface area contributed by atoms with E-state index in [9.17, 15) is 0 Å². The first kappa shape index (κ1) is 11.5. The lowest BCUT2D eigenvalue weighted by Crippen LogP contribution is -1.92. The minimum Gasteiger partial charge on any atom is -0.383 e. The number of nitrogens with two attached hydrogens (primary N) is 1. The highest BCUT2D eigenvalue weighted by atomic mass is 35.5. The zero-order valence-corrected chi connectivity index (χ0v) is 9.29. The molecule has 1 aromatic heterocycles. The standard InChI is InChI=1S/C12H12N2.ClH/c1-9-4-6-10(7-5-9)11-3-2-8-14-12(11)13;/h2-8H,1H3,(H2,13,14);1H. The average Bonchev–Trinajstić information content (AvgIpc) is 2.20. The van der Waals surface area contributed by atoms with Crippen LogP contribution in [0, 0.1) is 6.92 Å². The molecule has 2 nitrogen and oxygen atoms in total. The van der Waals surface area contributed by atoms with Crippen LogP contribution in [0.5, 0.6) is 0 Å². The maximum Gasteiger partial charge on any atom is 0.131 e. The number of hydrogen-bond acceptors (Lipinski definition) is 2. The van der Waals surface area contributed by atoms with Gasteiger partial charge in [-0.25, -0.2) is 4.98 Å². The summed E-state index contributed by atoms with van der Waals surface area (Å²) in [7, 11) is 0. The van der Waals surface area contributed by atoms with Crippen molar-refractivity contribution in [2.45, 2.75) is 6.92 Å². The van der Waals surface area contributed by atoms with E-state index in [4.69, 9.17) is 5.73 Å². The van der Waals surface area contributed by atoms with Crippen LogP contribution in [0.2, 0.25) is 0 Å². The maximum absolute atomic E-state index is 5.78. The topological polar surface area (TPSA) is 38.9 Å². The molecule has 2 aromatic rings. The Kier molecular flexibility index (Phi) is 3.69. The molecule has 3 heteroatoms. The molecule has 0 aliphatic rings. The fourth-order valence-electron chi connectivity index (χ4n) is 1.39. The summed E-state index contributed by atoms with van der Waals surface area (Å²) in [5.41, 5.74) is 9.13. The van der Waals surface area contributed by atoms with Gasteiger partial charge < -0.3 is 5.73 Å². The van der Waals surface area contributed by atoms with Crippen LogP contribution in [-0.4, -0.2) is 4.98 Å². The van der Waals surface area contributed by atoms with Crippen LogP contribution in [-0.2, 0) is 0 Å². The first-order valence-corrected chi connectivity index (χ1v) is 4.55. The molecule has 0 aliphatic heterocycles. The van der Waals surface area contributed by atoms with Crippen molar-refractivity contribution < 1.29 is 0 Å². The van der Waals surface area contributed by atoms with Crippen LogP contribution in [0.15, 0.2) is 42.6 Å². The molecule has 0 radical (unpaired) electrons. The van der Waals surface area contributed by atoms with Gasteiger partial charge in [-0.05, 0) is 24.6 Å². The van der Waals surface area contributed by atoms with Crippen molar-refractivity contribution >= 4 is 18.2 Å². The van der Waals surface area contributed by atoms with Crippen LogP contribution < -0.4 is 5.73 Å². The Morgan fingerprint density at radius 3 is 2.33 bits per heavy atom. The number of aromatic nitrogens is 1. The van der Waals surface area contributed by atoms with Gasteiger partial charge in [0.1, 0.15) is 5.82 Å². The summed E-state index contributed by atoms with van der Waals surface area (Å²) in [6, 6.07) is 12.1. The molecule has 2 N–H and O–H groups in total. The number of anilines is 1. The molecule has 0 saturated carbocycles. The van der Waals surface area contributed by atoms with Crippen LogP contribution >= 0.6 is 12.4 Å². The third-order valence-electron chi connectivity index (χ3n) is 2.20. The summed E-state index contributed by atoms with van der Waals surface area (Å²) in [4.78, 5) is 4.06. The molecule has 0 amide bonds. The van der Waals surface area contributed by atoms with E-state index in [1.54, 1.807) is 6.20 Å². The summed E-state index contributed by atoms with van der Waals surface area (Å²) in [5.74, 6) is 0.580. The van der Waals surface area contributed by atoms with Crippen LogP contribution in [0.25, 0.3) is 11.1 Å². The first-order chi connectivity index (χ1) is 6.77. The number of rotatable bonds is 1. The number of pyridine rings is 1. The fourth-order valence-corrected chi connectivity index (χ4v) is 1.39. The molecule has 0 unspecified atom stereocenters.